The monoisotopic (exact) mass is 250 g/mol. The first kappa shape index (κ1) is 15.0. The molecule has 1 aromatic rings. The maximum Gasteiger partial charge on any atom is 0.122 e. The molecule has 3 N–H and O–H groups in total. The molecule has 0 saturated heterocycles. The van der Waals surface area contributed by atoms with E-state index in [0.29, 0.717) is 0 Å². The molecule has 0 aliphatic rings. The van der Waals surface area contributed by atoms with Gasteiger partial charge >= 0.3 is 0 Å². The van der Waals surface area contributed by atoms with Crippen molar-refractivity contribution < 1.29 is 4.74 Å². The number of hydrazine groups is 1. The predicted octanol–water partition coefficient (Wildman–Crippen LogP) is 3.25. The predicted molar refractivity (Wildman–Crippen MR) is 76.6 cm³/mol. The summed E-state index contributed by atoms with van der Waals surface area (Å²) in [6.07, 6.45) is 1.06. The molecule has 0 saturated carbocycles. The topological polar surface area (TPSA) is 47.3 Å². The van der Waals surface area contributed by atoms with E-state index in [9.17, 15) is 0 Å². The molecular formula is C15H26N2O. The van der Waals surface area contributed by atoms with Crippen molar-refractivity contribution in [2.75, 3.05) is 7.11 Å². The summed E-state index contributed by atoms with van der Waals surface area (Å²) >= 11 is 0. The van der Waals surface area contributed by atoms with Gasteiger partial charge in [0.2, 0.25) is 0 Å². The van der Waals surface area contributed by atoms with Crippen molar-refractivity contribution in [3.8, 4) is 5.75 Å². The summed E-state index contributed by atoms with van der Waals surface area (Å²) in [6, 6.07) is 4.41. The van der Waals surface area contributed by atoms with Gasteiger partial charge in [-0.15, -0.1) is 0 Å². The van der Waals surface area contributed by atoms with Gasteiger partial charge in [0.05, 0.1) is 13.2 Å². The average Bonchev–Trinajstić information content (AvgIpc) is 2.33. The molecule has 1 atom stereocenters. The van der Waals surface area contributed by atoms with Crippen LogP contribution < -0.4 is 16.0 Å². The molecule has 3 nitrogen and oxygen atoms in total. The van der Waals surface area contributed by atoms with Gasteiger partial charge in [-0.3, -0.25) is 11.3 Å². The van der Waals surface area contributed by atoms with Crippen molar-refractivity contribution in [2.45, 2.75) is 47.1 Å². The molecule has 0 bridgehead atoms. The molecule has 1 aromatic carbocycles. The molecule has 0 aromatic heterocycles. The summed E-state index contributed by atoms with van der Waals surface area (Å²) in [6.45, 7) is 10.8. The van der Waals surface area contributed by atoms with Crippen LogP contribution >= 0.6 is 0 Å². The molecule has 0 aliphatic carbocycles. The molecule has 0 radical (unpaired) electrons. The minimum atomic E-state index is 0.112. The van der Waals surface area contributed by atoms with Crippen LogP contribution in [-0.4, -0.2) is 7.11 Å². The first-order valence-electron chi connectivity index (χ1n) is 6.48. The van der Waals surface area contributed by atoms with Crippen LogP contribution in [0.2, 0.25) is 0 Å². The lowest BCUT2D eigenvalue weighted by Gasteiger charge is -2.34. The zero-order chi connectivity index (χ0) is 13.9. The van der Waals surface area contributed by atoms with Crippen LogP contribution in [0.4, 0.5) is 0 Å². The highest BCUT2D eigenvalue weighted by Crippen LogP contribution is 2.38. The lowest BCUT2D eigenvalue weighted by molar-refractivity contribution is 0.235. The third-order valence-electron chi connectivity index (χ3n) is 3.95. The second kappa shape index (κ2) is 5.72. The maximum absolute atomic E-state index is 5.77. The molecule has 1 unspecified atom stereocenters. The number of nitrogens with one attached hydrogen (secondary N) is 1. The van der Waals surface area contributed by atoms with Crippen molar-refractivity contribution in [1.82, 2.24) is 5.43 Å². The van der Waals surface area contributed by atoms with Gasteiger partial charge in [-0.2, -0.15) is 0 Å². The summed E-state index contributed by atoms with van der Waals surface area (Å²) in [4.78, 5) is 0. The van der Waals surface area contributed by atoms with Crippen LogP contribution in [0.15, 0.2) is 12.1 Å². The summed E-state index contributed by atoms with van der Waals surface area (Å²) in [5, 5.41) is 0. The lowest BCUT2D eigenvalue weighted by atomic mass is 9.77. The maximum atomic E-state index is 5.77. The quantitative estimate of drug-likeness (QED) is 0.623. The van der Waals surface area contributed by atoms with Gasteiger partial charge in [-0.05, 0) is 48.4 Å². The molecule has 0 fully saturated rings. The van der Waals surface area contributed by atoms with Crippen LogP contribution in [0.1, 0.15) is 49.9 Å². The van der Waals surface area contributed by atoms with Crippen LogP contribution in [0.5, 0.6) is 5.75 Å². The number of aryl methyl sites for hydroxylation is 2. The Hall–Kier alpha value is -1.06. The molecular weight excluding hydrogens is 224 g/mol. The fraction of sp³-hybridized carbons (Fsp3) is 0.600. The number of nitrogens with two attached hydrogens (primary N) is 1. The van der Waals surface area contributed by atoms with Gasteiger partial charge in [0.15, 0.2) is 0 Å². The zero-order valence-electron chi connectivity index (χ0n) is 12.4. The number of benzene rings is 1. The van der Waals surface area contributed by atoms with Crippen molar-refractivity contribution in [2.24, 2.45) is 11.3 Å². The largest absolute Gasteiger partial charge is 0.496 e. The number of hydrogen-bond donors (Lipinski definition) is 2. The van der Waals surface area contributed by atoms with Gasteiger partial charge in [-0.1, -0.05) is 26.8 Å². The Balaban J connectivity index is 3.27. The molecule has 0 heterocycles. The van der Waals surface area contributed by atoms with E-state index >= 15 is 0 Å². The fourth-order valence-electron chi connectivity index (χ4n) is 2.28. The van der Waals surface area contributed by atoms with Crippen LogP contribution in [0.3, 0.4) is 0 Å². The first-order chi connectivity index (χ1) is 8.37. The smallest absolute Gasteiger partial charge is 0.122 e. The summed E-state index contributed by atoms with van der Waals surface area (Å²) in [7, 11) is 1.70. The molecule has 18 heavy (non-hydrogen) atoms. The van der Waals surface area contributed by atoms with Gasteiger partial charge in [0.25, 0.3) is 0 Å². The van der Waals surface area contributed by atoms with Crippen molar-refractivity contribution >= 4 is 0 Å². The van der Waals surface area contributed by atoms with Crippen LogP contribution in [0.25, 0.3) is 0 Å². The van der Waals surface area contributed by atoms with E-state index in [-0.39, 0.29) is 11.5 Å². The van der Waals surface area contributed by atoms with Gasteiger partial charge in [-0.25, -0.2) is 0 Å². The summed E-state index contributed by atoms with van der Waals surface area (Å²) in [5.41, 5.74) is 6.69. The minimum absolute atomic E-state index is 0.112. The van der Waals surface area contributed by atoms with Crippen LogP contribution in [0, 0.1) is 19.3 Å². The number of hydrogen-bond acceptors (Lipinski definition) is 3. The Labute approximate surface area is 111 Å². The standard InChI is InChI=1S/C15H26N2O/c1-7-15(4,5)14(17-16)12-8-11(3)13(18-6)9-10(12)2/h8-9,14,17H,7,16H2,1-6H3. The second-order valence-corrected chi connectivity index (χ2v) is 5.62. The van der Waals surface area contributed by atoms with Gasteiger partial charge in [0, 0.05) is 0 Å². The van der Waals surface area contributed by atoms with Gasteiger partial charge < -0.3 is 4.74 Å². The Morgan fingerprint density at radius 3 is 2.33 bits per heavy atom. The average molecular weight is 250 g/mol. The van der Waals surface area contributed by atoms with Crippen molar-refractivity contribution in [3.05, 3.63) is 28.8 Å². The van der Waals surface area contributed by atoms with E-state index in [4.69, 9.17) is 10.6 Å². The van der Waals surface area contributed by atoms with E-state index in [1.807, 2.05) is 0 Å². The lowest BCUT2D eigenvalue weighted by Crippen LogP contribution is -2.38. The Kier molecular flexibility index (Phi) is 4.77. The highest BCUT2D eigenvalue weighted by atomic mass is 16.5. The first-order valence-corrected chi connectivity index (χ1v) is 6.48. The van der Waals surface area contributed by atoms with E-state index in [0.717, 1.165) is 17.7 Å². The third-order valence-corrected chi connectivity index (χ3v) is 3.95. The number of rotatable bonds is 5. The SMILES string of the molecule is CCC(C)(C)C(NN)c1cc(C)c(OC)cc1C. The second-order valence-electron chi connectivity index (χ2n) is 5.62. The highest BCUT2D eigenvalue weighted by Gasteiger charge is 2.29. The molecule has 102 valence electrons. The fourth-order valence-corrected chi connectivity index (χ4v) is 2.28. The molecule has 0 aliphatic heterocycles. The van der Waals surface area contributed by atoms with E-state index in [2.05, 4.69) is 52.2 Å². The number of ether oxygens (including phenoxy) is 1. The normalized spacial score (nSPS) is 13.5. The van der Waals surface area contributed by atoms with Gasteiger partial charge in [0.1, 0.15) is 5.75 Å². The minimum Gasteiger partial charge on any atom is -0.496 e. The van der Waals surface area contributed by atoms with E-state index in [1.165, 1.54) is 11.1 Å². The molecule has 0 amide bonds. The zero-order valence-corrected chi connectivity index (χ0v) is 12.4. The molecule has 3 heteroatoms. The Bertz CT molecular complexity index is 413. The Morgan fingerprint density at radius 2 is 1.89 bits per heavy atom. The number of methoxy groups -OCH3 is 1. The Morgan fingerprint density at radius 1 is 1.28 bits per heavy atom. The van der Waals surface area contributed by atoms with E-state index < -0.39 is 0 Å². The van der Waals surface area contributed by atoms with E-state index in [1.54, 1.807) is 7.11 Å². The summed E-state index contributed by atoms with van der Waals surface area (Å²) in [5.74, 6) is 6.71. The summed E-state index contributed by atoms with van der Waals surface area (Å²) < 4.78 is 5.35. The van der Waals surface area contributed by atoms with Crippen LogP contribution in [-0.2, 0) is 0 Å². The molecule has 1 rings (SSSR count). The third kappa shape index (κ3) is 2.85. The van der Waals surface area contributed by atoms with Crippen molar-refractivity contribution in [3.63, 3.8) is 0 Å². The highest BCUT2D eigenvalue weighted by molar-refractivity contribution is 5.43. The van der Waals surface area contributed by atoms with Crippen molar-refractivity contribution in [1.29, 1.82) is 0 Å². The molecule has 0 spiro atoms.